The maximum absolute atomic E-state index is 12.1. The molecule has 0 saturated heterocycles. The number of ether oxygens (including phenoxy) is 2. The van der Waals surface area contributed by atoms with E-state index in [1.807, 2.05) is 0 Å². The van der Waals surface area contributed by atoms with E-state index in [1.54, 1.807) is 6.07 Å². The van der Waals surface area contributed by atoms with Crippen LogP contribution in [0.4, 0.5) is 0 Å². The van der Waals surface area contributed by atoms with Crippen molar-refractivity contribution in [3.05, 3.63) is 18.2 Å². The normalized spacial score (nSPS) is 11.3. The van der Waals surface area contributed by atoms with Crippen LogP contribution in [0.15, 0.2) is 23.1 Å². The van der Waals surface area contributed by atoms with Crippen molar-refractivity contribution in [3.63, 3.8) is 0 Å². The molecule has 1 aromatic carbocycles. The summed E-state index contributed by atoms with van der Waals surface area (Å²) in [6.45, 7) is 0.325. The van der Waals surface area contributed by atoms with Crippen LogP contribution < -0.4 is 14.2 Å². The molecule has 0 fully saturated rings. The van der Waals surface area contributed by atoms with Crippen molar-refractivity contribution in [2.75, 3.05) is 27.4 Å². The lowest BCUT2D eigenvalue weighted by Gasteiger charge is -2.11. The summed E-state index contributed by atoms with van der Waals surface area (Å²) in [6.07, 6.45) is 1.14. The Bertz CT molecular complexity index is 501. The fraction of sp³-hybridized carbons (Fsp3) is 0.500. The number of benzene rings is 1. The van der Waals surface area contributed by atoms with Crippen molar-refractivity contribution in [1.82, 2.24) is 4.72 Å². The van der Waals surface area contributed by atoms with Crippen LogP contribution in [0.5, 0.6) is 11.5 Å². The molecular formula is C12H19NO5S. The third-order valence-corrected chi connectivity index (χ3v) is 4.04. The molecule has 6 nitrogen and oxygen atoms in total. The number of nitrogens with one attached hydrogen (secondary N) is 1. The van der Waals surface area contributed by atoms with Crippen molar-refractivity contribution >= 4 is 10.0 Å². The molecule has 0 unspecified atom stereocenters. The Kier molecular flexibility index (Phi) is 6.07. The van der Waals surface area contributed by atoms with Crippen molar-refractivity contribution < 1.29 is 23.0 Å². The van der Waals surface area contributed by atoms with Gasteiger partial charge in [0.1, 0.15) is 16.4 Å². The average Bonchev–Trinajstić information content (AvgIpc) is 2.42. The highest BCUT2D eigenvalue weighted by Gasteiger charge is 2.19. The van der Waals surface area contributed by atoms with Gasteiger partial charge in [-0.2, -0.15) is 0 Å². The predicted octanol–water partition coefficient (Wildman–Crippen LogP) is 0.755. The number of unbranched alkanes of at least 4 members (excludes halogenated alkanes) is 1. The topological polar surface area (TPSA) is 84.9 Å². The molecule has 0 bridgehead atoms. The van der Waals surface area contributed by atoms with Gasteiger partial charge in [-0.25, -0.2) is 13.1 Å². The van der Waals surface area contributed by atoms with E-state index in [2.05, 4.69) is 4.72 Å². The molecule has 0 heterocycles. The van der Waals surface area contributed by atoms with Crippen molar-refractivity contribution in [1.29, 1.82) is 0 Å². The van der Waals surface area contributed by atoms with Crippen LogP contribution in [0.25, 0.3) is 0 Å². The van der Waals surface area contributed by atoms with E-state index in [0.717, 1.165) is 0 Å². The average molecular weight is 289 g/mol. The summed E-state index contributed by atoms with van der Waals surface area (Å²) in [5.74, 6) is 0.755. The van der Waals surface area contributed by atoms with E-state index in [0.29, 0.717) is 18.6 Å². The summed E-state index contributed by atoms with van der Waals surface area (Å²) < 4.78 is 36.7. The molecule has 19 heavy (non-hydrogen) atoms. The first kappa shape index (κ1) is 15.7. The first-order valence-electron chi connectivity index (χ1n) is 5.87. The summed E-state index contributed by atoms with van der Waals surface area (Å²) in [5.41, 5.74) is 0. The lowest BCUT2D eigenvalue weighted by Crippen LogP contribution is -2.25. The van der Waals surface area contributed by atoms with Crippen molar-refractivity contribution in [2.24, 2.45) is 0 Å². The molecule has 108 valence electrons. The van der Waals surface area contributed by atoms with Gasteiger partial charge in [0.2, 0.25) is 10.0 Å². The van der Waals surface area contributed by atoms with E-state index in [1.165, 1.54) is 26.4 Å². The van der Waals surface area contributed by atoms with Crippen LogP contribution in [0.2, 0.25) is 0 Å². The van der Waals surface area contributed by atoms with Gasteiger partial charge in [0, 0.05) is 19.2 Å². The summed E-state index contributed by atoms with van der Waals surface area (Å²) in [6, 6.07) is 4.51. The molecule has 0 aliphatic heterocycles. The molecule has 0 aromatic heterocycles. The molecule has 0 atom stereocenters. The lowest BCUT2D eigenvalue weighted by molar-refractivity contribution is 0.285. The Hall–Kier alpha value is -1.31. The summed E-state index contributed by atoms with van der Waals surface area (Å²) in [7, 11) is -0.722. The molecule has 0 aliphatic rings. The fourth-order valence-corrected chi connectivity index (χ4v) is 2.74. The van der Waals surface area contributed by atoms with E-state index in [9.17, 15) is 8.42 Å². The Morgan fingerprint density at radius 3 is 2.53 bits per heavy atom. The number of hydrogen-bond acceptors (Lipinski definition) is 5. The summed E-state index contributed by atoms with van der Waals surface area (Å²) in [4.78, 5) is 0.0693. The quantitative estimate of drug-likeness (QED) is 0.690. The van der Waals surface area contributed by atoms with Crippen LogP contribution in [0.1, 0.15) is 12.8 Å². The highest BCUT2D eigenvalue weighted by atomic mass is 32.2. The smallest absolute Gasteiger partial charge is 0.244 e. The Morgan fingerprint density at radius 2 is 1.95 bits per heavy atom. The second kappa shape index (κ2) is 7.32. The van der Waals surface area contributed by atoms with Crippen LogP contribution in [0, 0.1) is 0 Å². The Morgan fingerprint density at radius 1 is 1.21 bits per heavy atom. The number of rotatable bonds is 8. The number of hydrogen-bond donors (Lipinski definition) is 2. The van der Waals surface area contributed by atoms with Crippen LogP contribution in [0.3, 0.4) is 0 Å². The largest absolute Gasteiger partial charge is 0.497 e. The van der Waals surface area contributed by atoms with Gasteiger partial charge in [-0.15, -0.1) is 0 Å². The SMILES string of the molecule is COc1ccc(S(=O)(=O)NCCCCO)c(OC)c1. The maximum Gasteiger partial charge on any atom is 0.244 e. The standard InChI is InChI=1S/C12H19NO5S/c1-17-10-5-6-12(11(9-10)18-2)19(15,16)13-7-3-4-8-14/h5-6,9,13-14H,3-4,7-8H2,1-2H3. The van der Waals surface area contributed by atoms with E-state index in [4.69, 9.17) is 14.6 Å². The van der Waals surface area contributed by atoms with Crippen LogP contribution in [-0.2, 0) is 10.0 Å². The minimum atomic E-state index is -3.62. The fourth-order valence-electron chi connectivity index (χ4n) is 1.52. The third-order valence-electron chi connectivity index (χ3n) is 2.54. The van der Waals surface area contributed by atoms with E-state index >= 15 is 0 Å². The third kappa shape index (κ3) is 4.38. The highest BCUT2D eigenvalue weighted by Crippen LogP contribution is 2.28. The van der Waals surface area contributed by atoms with Gasteiger partial charge < -0.3 is 14.6 Å². The first-order chi connectivity index (χ1) is 9.05. The summed E-state index contributed by atoms with van der Waals surface area (Å²) >= 11 is 0. The molecule has 0 radical (unpaired) electrons. The molecule has 7 heteroatoms. The number of aliphatic hydroxyl groups excluding tert-OH is 1. The second-order valence-corrected chi connectivity index (χ2v) is 5.58. The van der Waals surface area contributed by atoms with Gasteiger partial charge in [-0.3, -0.25) is 0 Å². The van der Waals surface area contributed by atoms with Crippen molar-refractivity contribution in [3.8, 4) is 11.5 Å². The van der Waals surface area contributed by atoms with Gasteiger partial charge in [0.15, 0.2) is 0 Å². The van der Waals surface area contributed by atoms with E-state index < -0.39 is 10.0 Å². The zero-order valence-electron chi connectivity index (χ0n) is 11.0. The highest BCUT2D eigenvalue weighted by molar-refractivity contribution is 7.89. The van der Waals surface area contributed by atoms with Gasteiger partial charge >= 0.3 is 0 Å². The minimum absolute atomic E-state index is 0.0492. The monoisotopic (exact) mass is 289 g/mol. The summed E-state index contributed by atoms with van der Waals surface area (Å²) in [5, 5.41) is 8.64. The first-order valence-corrected chi connectivity index (χ1v) is 7.36. The van der Waals surface area contributed by atoms with Gasteiger partial charge in [0.05, 0.1) is 14.2 Å². The number of sulfonamides is 1. The Labute approximate surface area is 113 Å². The molecule has 0 saturated carbocycles. The van der Waals surface area contributed by atoms with Gasteiger partial charge in [-0.05, 0) is 25.0 Å². The van der Waals surface area contributed by atoms with Crippen LogP contribution in [-0.4, -0.2) is 40.9 Å². The Balaban J connectivity index is 2.88. The molecule has 0 aliphatic carbocycles. The molecule has 1 rings (SSSR count). The predicted molar refractivity (Wildman–Crippen MR) is 71.1 cm³/mol. The van der Waals surface area contributed by atoms with Crippen LogP contribution >= 0.6 is 0 Å². The number of methoxy groups -OCH3 is 2. The second-order valence-electron chi connectivity index (χ2n) is 3.85. The lowest BCUT2D eigenvalue weighted by atomic mass is 10.3. The van der Waals surface area contributed by atoms with Crippen molar-refractivity contribution in [2.45, 2.75) is 17.7 Å². The molecule has 0 amide bonds. The maximum atomic E-state index is 12.1. The van der Waals surface area contributed by atoms with E-state index in [-0.39, 0.29) is 23.8 Å². The molecular weight excluding hydrogens is 270 g/mol. The minimum Gasteiger partial charge on any atom is -0.497 e. The molecule has 1 aromatic rings. The number of aliphatic hydroxyl groups is 1. The zero-order valence-corrected chi connectivity index (χ0v) is 11.9. The van der Waals surface area contributed by atoms with Gasteiger partial charge in [0.25, 0.3) is 0 Å². The molecule has 2 N–H and O–H groups in total. The zero-order chi connectivity index (χ0) is 14.3. The van der Waals surface area contributed by atoms with Gasteiger partial charge in [-0.1, -0.05) is 0 Å². The molecule has 0 spiro atoms.